The number of carbonyl (C=O) groups excluding carboxylic acids is 2. The molecule has 0 unspecified atom stereocenters. The molecule has 0 saturated heterocycles. The number of ether oxygens (including phenoxy) is 2. The van der Waals surface area contributed by atoms with E-state index < -0.39 is 17.9 Å². The lowest BCUT2D eigenvalue weighted by molar-refractivity contribution is -0.000451. The molecule has 1 heterocycles. The molecule has 3 rings (SSSR count). The Morgan fingerprint density at radius 1 is 1.13 bits per heavy atom. The monoisotopic (exact) mass is 544 g/mol. The number of hydrogen-bond acceptors (Lipinski definition) is 6. The van der Waals surface area contributed by atoms with Crippen molar-refractivity contribution in [1.82, 2.24) is 10.2 Å². The average molecular weight is 545 g/mol. The summed E-state index contributed by atoms with van der Waals surface area (Å²) in [6.45, 7) is 7.22. The van der Waals surface area contributed by atoms with Gasteiger partial charge in [0.15, 0.2) is 0 Å². The van der Waals surface area contributed by atoms with Crippen LogP contribution in [0.25, 0.3) is 0 Å². The Hall–Kier alpha value is -3.21. The lowest BCUT2D eigenvalue weighted by Crippen LogP contribution is -2.47. The predicted molar refractivity (Wildman–Crippen MR) is 150 cm³/mol. The normalized spacial score (nSPS) is 21.7. The van der Waals surface area contributed by atoms with Crippen molar-refractivity contribution in [3.05, 3.63) is 53.8 Å². The highest BCUT2D eigenvalue weighted by Gasteiger charge is 2.29. The molecule has 214 valence electrons. The summed E-state index contributed by atoms with van der Waals surface area (Å²) in [4.78, 5) is 28.2. The van der Waals surface area contributed by atoms with Crippen molar-refractivity contribution in [2.75, 3.05) is 44.0 Å². The number of hydrogen-bond donors (Lipinski definition) is 4. The fourth-order valence-corrected chi connectivity index (χ4v) is 4.52. The van der Waals surface area contributed by atoms with Crippen LogP contribution < -0.4 is 20.7 Å². The van der Waals surface area contributed by atoms with Crippen LogP contribution in [0.5, 0.6) is 5.75 Å². The molecule has 0 saturated carbocycles. The quantitative estimate of drug-likeness (QED) is 0.427. The van der Waals surface area contributed by atoms with Crippen molar-refractivity contribution in [2.24, 2.45) is 5.92 Å². The van der Waals surface area contributed by atoms with Crippen molar-refractivity contribution < 1.29 is 28.6 Å². The number of anilines is 2. The second-order valence-corrected chi connectivity index (χ2v) is 10.2. The van der Waals surface area contributed by atoms with Crippen LogP contribution in [0.2, 0.25) is 0 Å². The maximum absolute atomic E-state index is 14.0. The molecule has 2 aromatic carbocycles. The average Bonchev–Trinajstić information content (AvgIpc) is 2.91. The number of aliphatic hydroxyl groups is 1. The van der Waals surface area contributed by atoms with Gasteiger partial charge < -0.3 is 35.4 Å². The lowest BCUT2D eigenvalue weighted by atomic mass is 10.0. The van der Waals surface area contributed by atoms with Crippen molar-refractivity contribution in [1.29, 1.82) is 0 Å². The van der Waals surface area contributed by atoms with Gasteiger partial charge in [-0.1, -0.05) is 6.92 Å². The summed E-state index contributed by atoms with van der Waals surface area (Å²) in [6.07, 6.45) is 2.36. The molecule has 4 N–H and O–H groups in total. The molecule has 39 heavy (non-hydrogen) atoms. The van der Waals surface area contributed by atoms with E-state index in [9.17, 15) is 19.1 Å². The van der Waals surface area contributed by atoms with Crippen molar-refractivity contribution in [3.8, 4) is 5.75 Å². The number of benzene rings is 2. The van der Waals surface area contributed by atoms with E-state index in [2.05, 4.69) is 16.0 Å². The van der Waals surface area contributed by atoms with Gasteiger partial charge in [0.05, 0.1) is 30.4 Å². The summed E-state index contributed by atoms with van der Waals surface area (Å²) < 4.78 is 25.6. The summed E-state index contributed by atoms with van der Waals surface area (Å²) in [5.74, 6) is -0.308. The van der Waals surface area contributed by atoms with E-state index in [-0.39, 0.29) is 36.2 Å². The van der Waals surface area contributed by atoms with Crippen LogP contribution >= 0.6 is 0 Å². The van der Waals surface area contributed by atoms with Crippen LogP contribution in [0, 0.1) is 11.7 Å². The molecule has 9 nitrogen and oxygen atoms in total. The minimum absolute atomic E-state index is 0.00979. The van der Waals surface area contributed by atoms with Crippen molar-refractivity contribution in [2.45, 2.75) is 58.3 Å². The van der Waals surface area contributed by atoms with E-state index >= 15 is 0 Å². The van der Waals surface area contributed by atoms with E-state index in [1.165, 1.54) is 24.3 Å². The third-order valence-corrected chi connectivity index (χ3v) is 6.82. The Morgan fingerprint density at radius 3 is 2.51 bits per heavy atom. The summed E-state index contributed by atoms with van der Waals surface area (Å²) in [6, 6.07) is 9.37. The Balaban J connectivity index is 1.92. The first kappa shape index (κ1) is 30.3. The second-order valence-electron chi connectivity index (χ2n) is 10.2. The zero-order valence-corrected chi connectivity index (χ0v) is 23.2. The SMILES string of the molecule is CNC[C@@H]1OCCCC[C@@H](C)Oc2ccc(NC(=O)Nc3ccc(F)cc3)cc2C(=O)N([C@@H](C)CO)C[C@H]1C. The number of carbonyl (C=O) groups is 2. The van der Waals surface area contributed by atoms with Crippen LogP contribution in [0.15, 0.2) is 42.5 Å². The molecule has 0 radical (unpaired) electrons. The smallest absolute Gasteiger partial charge is 0.323 e. The van der Waals surface area contributed by atoms with Gasteiger partial charge in [0, 0.05) is 37.0 Å². The minimum Gasteiger partial charge on any atom is -0.490 e. The van der Waals surface area contributed by atoms with Crippen LogP contribution in [0.4, 0.5) is 20.6 Å². The van der Waals surface area contributed by atoms with Gasteiger partial charge in [-0.3, -0.25) is 4.79 Å². The summed E-state index contributed by atoms with van der Waals surface area (Å²) in [5, 5.41) is 18.6. The van der Waals surface area contributed by atoms with Gasteiger partial charge in [-0.25, -0.2) is 9.18 Å². The number of nitrogens with one attached hydrogen (secondary N) is 3. The highest BCUT2D eigenvalue weighted by atomic mass is 19.1. The van der Waals surface area contributed by atoms with Gasteiger partial charge in [0.1, 0.15) is 11.6 Å². The number of nitrogens with zero attached hydrogens (tertiary/aromatic N) is 1. The fraction of sp³-hybridized carbons (Fsp3) is 0.517. The zero-order chi connectivity index (χ0) is 28.4. The maximum atomic E-state index is 14.0. The third kappa shape index (κ3) is 8.91. The van der Waals surface area contributed by atoms with Crippen molar-refractivity contribution in [3.63, 3.8) is 0 Å². The van der Waals surface area contributed by atoms with Gasteiger partial charge in [0.2, 0.25) is 0 Å². The molecular formula is C29H41FN4O5. The number of fused-ring (bicyclic) bond motifs is 1. The van der Waals surface area contributed by atoms with E-state index in [4.69, 9.17) is 9.47 Å². The Bertz CT molecular complexity index is 1080. The van der Waals surface area contributed by atoms with Crippen LogP contribution in [-0.4, -0.2) is 73.5 Å². The number of aliphatic hydroxyl groups excluding tert-OH is 1. The molecule has 0 bridgehead atoms. The summed E-state index contributed by atoms with van der Waals surface area (Å²) in [7, 11) is 1.87. The van der Waals surface area contributed by atoms with Gasteiger partial charge in [0.25, 0.3) is 5.91 Å². The summed E-state index contributed by atoms with van der Waals surface area (Å²) >= 11 is 0. The third-order valence-electron chi connectivity index (χ3n) is 6.82. The van der Waals surface area contributed by atoms with E-state index in [1.54, 1.807) is 30.0 Å². The van der Waals surface area contributed by atoms with Gasteiger partial charge in [-0.2, -0.15) is 0 Å². The first-order valence-corrected chi connectivity index (χ1v) is 13.5. The molecule has 0 aliphatic carbocycles. The van der Waals surface area contributed by atoms with E-state index in [0.29, 0.717) is 36.8 Å². The standard InChI is InChI=1S/C29H41FN4O5/c1-19-17-34(20(2)18-35)28(36)25-15-24(33-29(37)32-23-10-8-22(30)9-11-23)12-13-26(25)39-21(3)7-5-6-14-38-27(19)16-31-4/h8-13,15,19-21,27,31,35H,5-7,14,16-18H2,1-4H3,(H2,32,33,37)/t19-,20+,21-,27+/m1/s1. The van der Waals surface area contributed by atoms with Crippen LogP contribution in [0.1, 0.15) is 50.4 Å². The van der Waals surface area contributed by atoms with Crippen LogP contribution in [0.3, 0.4) is 0 Å². The summed E-state index contributed by atoms with van der Waals surface area (Å²) in [5.41, 5.74) is 1.10. The minimum atomic E-state index is -0.537. The molecule has 1 aliphatic heterocycles. The maximum Gasteiger partial charge on any atom is 0.323 e. The zero-order valence-electron chi connectivity index (χ0n) is 23.2. The van der Waals surface area contributed by atoms with E-state index in [1.807, 2.05) is 20.9 Å². The van der Waals surface area contributed by atoms with Gasteiger partial charge in [-0.05, 0) is 82.6 Å². The molecule has 4 atom stereocenters. The largest absolute Gasteiger partial charge is 0.490 e. The number of urea groups is 1. The molecule has 0 fully saturated rings. The molecule has 10 heteroatoms. The number of likely N-dealkylation sites (N-methyl/N-ethyl adjacent to an activating group) is 1. The Labute approximate surface area is 230 Å². The number of amides is 3. The van der Waals surface area contributed by atoms with E-state index in [0.717, 1.165) is 19.3 Å². The van der Waals surface area contributed by atoms with Crippen LogP contribution in [-0.2, 0) is 4.74 Å². The first-order chi connectivity index (χ1) is 18.7. The Morgan fingerprint density at radius 2 is 1.82 bits per heavy atom. The molecular weight excluding hydrogens is 503 g/mol. The first-order valence-electron chi connectivity index (χ1n) is 13.5. The second kappa shape index (κ2) is 14.8. The molecule has 0 spiro atoms. The molecule has 2 aromatic rings. The fourth-order valence-electron chi connectivity index (χ4n) is 4.52. The lowest BCUT2D eigenvalue weighted by Gasteiger charge is -2.34. The molecule has 0 aromatic heterocycles. The highest BCUT2D eigenvalue weighted by molar-refractivity contribution is 6.02. The molecule has 1 aliphatic rings. The van der Waals surface area contributed by atoms with Gasteiger partial charge in [-0.15, -0.1) is 0 Å². The van der Waals surface area contributed by atoms with Crippen molar-refractivity contribution >= 4 is 23.3 Å². The molecule has 3 amide bonds. The highest BCUT2D eigenvalue weighted by Crippen LogP contribution is 2.28. The number of halogens is 1. The van der Waals surface area contributed by atoms with Gasteiger partial charge >= 0.3 is 6.03 Å². The predicted octanol–water partition coefficient (Wildman–Crippen LogP) is 4.48. The Kier molecular flexibility index (Phi) is 11.5. The number of rotatable bonds is 6. The topological polar surface area (TPSA) is 112 Å².